The van der Waals surface area contributed by atoms with Crippen LogP contribution in [-0.2, 0) is 20.8 Å². The Hall–Kier alpha value is -1.39. The summed E-state index contributed by atoms with van der Waals surface area (Å²) in [5, 5.41) is 0. The van der Waals surface area contributed by atoms with Gasteiger partial charge >= 0.3 is 0 Å². The van der Waals surface area contributed by atoms with E-state index in [9.17, 15) is 4.79 Å². The minimum atomic E-state index is -0.499. The highest BCUT2D eigenvalue weighted by atomic mass is 16.7. The molecule has 19 heavy (non-hydrogen) atoms. The molecule has 0 unspecified atom stereocenters. The Kier molecular flexibility index (Phi) is 3.53. The molecular formula is C15H19NO3. The molecule has 1 aromatic rings. The van der Waals surface area contributed by atoms with Crippen LogP contribution in [-0.4, -0.2) is 36.4 Å². The third-order valence-corrected chi connectivity index (χ3v) is 3.86. The number of rotatable bonds is 2. The highest BCUT2D eigenvalue weighted by Crippen LogP contribution is 2.32. The van der Waals surface area contributed by atoms with Crippen LogP contribution in [0.3, 0.4) is 0 Å². The SMILES string of the molecule is O=C1CCC2(CCN1Cc1ccccc1)OCCO2. The van der Waals surface area contributed by atoms with Crippen molar-refractivity contribution in [3.8, 4) is 0 Å². The topological polar surface area (TPSA) is 38.8 Å². The Morgan fingerprint density at radius 2 is 1.84 bits per heavy atom. The maximum atomic E-state index is 12.2. The normalized spacial score (nSPS) is 22.7. The Morgan fingerprint density at radius 1 is 1.11 bits per heavy atom. The van der Waals surface area contributed by atoms with Gasteiger partial charge in [-0.25, -0.2) is 0 Å². The van der Waals surface area contributed by atoms with Gasteiger partial charge in [0.2, 0.25) is 5.91 Å². The lowest BCUT2D eigenvalue weighted by Crippen LogP contribution is -2.33. The third kappa shape index (κ3) is 2.80. The summed E-state index contributed by atoms with van der Waals surface area (Å²) in [6, 6.07) is 10.1. The number of nitrogens with zero attached hydrogens (tertiary/aromatic N) is 1. The Bertz CT molecular complexity index is 440. The molecule has 0 saturated carbocycles. The monoisotopic (exact) mass is 261 g/mol. The second-order valence-corrected chi connectivity index (χ2v) is 5.16. The van der Waals surface area contributed by atoms with Crippen LogP contribution in [0.4, 0.5) is 0 Å². The van der Waals surface area contributed by atoms with Crippen LogP contribution in [0.2, 0.25) is 0 Å². The number of benzene rings is 1. The number of likely N-dealkylation sites (tertiary alicyclic amines) is 1. The quantitative estimate of drug-likeness (QED) is 0.816. The summed E-state index contributed by atoms with van der Waals surface area (Å²) in [5.74, 6) is -0.305. The van der Waals surface area contributed by atoms with E-state index in [1.807, 2.05) is 23.1 Å². The highest BCUT2D eigenvalue weighted by Gasteiger charge is 2.39. The average Bonchev–Trinajstić information content (AvgIpc) is 2.85. The molecule has 1 spiro atoms. The zero-order chi connectivity index (χ0) is 13.1. The number of carbonyl (C=O) groups excluding carboxylic acids is 1. The van der Waals surface area contributed by atoms with Gasteiger partial charge in [0.05, 0.1) is 13.2 Å². The molecule has 1 aromatic carbocycles. The minimum Gasteiger partial charge on any atom is -0.347 e. The summed E-state index contributed by atoms with van der Waals surface area (Å²) >= 11 is 0. The lowest BCUT2D eigenvalue weighted by atomic mass is 10.1. The zero-order valence-electron chi connectivity index (χ0n) is 11.0. The second-order valence-electron chi connectivity index (χ2n) is 5.16. The van der Waals surface area contributed by atoms with Gasteiger partial charge in [0, 0.05) is 32.4 Å². The van der Waals surface area contributed by atoms with E-state index in [1.54, 1.807) is 0 Å². The fraction of sp³-hybridized carbons (Fsp3) is 0.533. The van der Waals surface area contributed by atoms with E-state index < -0.39 is 5.79 Å². The molecule has 2 saturated heterocycles. The Balaban J connectivity index is 1.67. The smallest absolute Gasteiger partial charge is 0.223 e. The van der Waals surface area contributed by atoms with Crippen LogP contribution in [0.5, 0.6) is 0 Å². The zero-order valence-corrected chi connectivity index (χ0v) is 11.0. The molecule has 4 nitrogen and oxygen atoms in total. The number of carbonyl (C=O) groups is 1. The summed E-state index contributed by atoms with van der Waals surface area (Å²) in [4.78, 5) is 14.1. The molecule has 0 N–H and O–H groups in total. The molecule has 2 fully saturated rings. The van der Waals surface area contributed by atoms with E-state index >= 15 is 0 Å². The molecule has 3 rings (SSSR count). The summed E-state index contributed by atoms with van der Waals surface area (Å²) in [6.45, 7) is 2.67. The van der Waals surface area contributed by atoms with Crippen molar-refractivity contribution < 1.29 is 14.3 Å². The van der Waals surface area contributed by atoms with Gasteiger partial charge in [-0.1, -0.05) is 30.3 Å². The highest BCUT2D eigenvalue weighted by molar-refractivity contribution is 5.76. The molecule has 0 radical (unpaired) electrons. The fourth-order valence-corrected chi connectivity index (χ4v) is 2.77. The molecule has 0 aliphatic carbocycles. The van der Waals surface area contributed by atoms with Crippen molar-refractivity contribution in [2.75, 3.05) is 19.8 Å². The van der Waals surface area contributed by atoms with Crippen LogP contribution >= 0.6 is 0 Å². The summed E-state index contributed by atoms with van der Waals surface area (Å²) < 4.78 is 11.4. The van der Waals surface area contributed by atoms with Crippen molar-refractivity contribution in [3.63, 3.8) is 0 Å². The van der Waals surface area contributed by atoms with Gasteiger partial charge in [-0.15, -0.1) is 0 Å². The molecule has 2 aliphatic heterocycles. The summed E-state index contributed by atoms with van der Waals surface area (Å²) in [5.41, 5.74) is 1.17. The van der Waals surface area contributed by atoms with Crippen molar-refractivity contribution in [2.45, 2.75) is 31.6 Å². The van der Waals surface area contributed by atoms with E-state index in [-0.39, 0.29) is 5.91 Å². The molecule has 0 aromatic heterocycles. The van der Waals surface area contributed by atoms with Crippen molar-refractivity contribution in [1.82, 2.24) is 4.90 Å². The fourth-order valence-electron chi connectivity index (χ4n) is 2.77. The van der Waals surface area contributed by atoms with E-state index in [0.717, 1.165) is 6.42 Å². The van der Waals surface area contributed by atoms with E-state index in [1.165, 1.54) is 5.56 Å². The van der Waals surface area contributed by atoms with Crippen molar-refractivity contribution in [2.24, 2.45) is 0 Å². The third-order valence-electron chi connectivity index (χ3n) is 3.86. The predicted molar refractivity (Wildman–Crippen MR) is 70.3 cm³/mol. The number of ether oxygens (including phenoxy) is 2. The molecule has 2 aliphatic rings. The lowest BCUT2D eigenvalue weighted by Gasteiger charge is -2.25. The Labute approximate surface area is 113 Å². The number of hydrogen-bond acceptors (Lipinski definition) is 3. The van der Waals surface area contributed by atoms with Gasteiger partial charge in [-0.3, -0.25) is 4.79 Å². The lowest BCUT2D eigenvalue weighted by molar-refractivity contribution is -0.164. The first kappa shape index (κ1) is 12.6. The van der Waals surface area contributed by atoms with Gasteiger partial charge < -0.3 is 14.4 Å². The molecule has 4 heteroatoms. The van der Waals surface area contributed by atoms with E-state index in [4.69, 9.17) is 9.47 Å². The molecule has 0 bridgehead atoms. The summed E-state index contributed by atoms with van der Waals surface area (Å²) in [7, 11) is 0. The van der Waals surface area contributed by atoms with Gasteiger partial charge in [-0.2, -0.15) is 0 Å². The van der Waals surface area contributed by atoms with Gasteiger partial charge in [-0.05, 0) is 5.56 Å². The first-order valence-corrected chi connectivity index (χ1v) is 6.87. The van der Waals surface area contributed by atoms with Gasteiger partial charge in [0.1, 0.15) is 0 Å². The molecule has 1 amide bonds. The van der Waals surface area contributed by atoms with Crippen molar-refractivity contribution in [1.29, 1.82) is 0 Å². The van der Waals surface area contributed by atoms with Crippen LogP contribution in [0, 0.1) is 0 Å². The van der Waals surface area contributed by atoms with E-state index in [2.05, 4.69) is 12.1 Å². The maximum absolute atomic E-state index is 12.2. The van der Waals surface area contributed by atoms with Crippen molar-refractivity contribution >= 4 is 5.91 Å². The molecule has 2 heterocycles. The van der Waals surface area contributed by atoms with Crippen molar-refractivity contribution in [3.05, 3.63) is 35.9 Å². The molecule has 102 valence electrons. The predicted octanol–water partition coefficient (Wildman–Crippen LogP) is 1.94. The van der Waals surface area contributed by atoms with Gasteiger partial charge in [0.15, 0.2) is 5.79 Å². The van der Waals surface area contributed by atoms with Gasteiger partial charge in [0.25, 0.3) is 0 Å². The first-order valence-electron chi connectivity index (χ1n) is 6.87. The number of amides is 1. The van der Waals surface area contributed by atoms with Crippen LogP contribution in [0.25, 0.3) is 0 Å². The average molecular weight is 261 g/mol. The standard InChI is InChI=1S/C15H19NO3/c17-14-6-7-15(18-10-11-19-15)8-9-16(14)12-13-4-2-1-3-5-13/h1-5H,6-12H2. The second kappa shape index (κ2) is 5.31. The largest absolute Gasteiger partial charge is 0.347 e. The molecule has 0 atom stereocenters. The van der Waals surface area contributed by atoms with Crippen LogP contribution in [0.15, 0.2) is 30.3 Å². The molecular weight excluding hydrogens is 242 g/mol. The van der Waals surface area contributed by atoms with E-state index in [0.29, 0.717) is 39.1 Å². The number of hydrogen-bond donors (Lipinski definition) is 0. The summed E-state index contributed by atoms with van der Waals surface area (Å²) in [6.07, 6.45) is 1.95. The Morgan fingerprint density at radius 3 is 2.58 bits per heavy atom. The van der Waals surface area contributed by atoms with Crippen LogP contribution in [0.1, 0.15) is 24.8 Å². The first-order chi connectivity index (χ1) is 9.27. The minimum absolute atomic E-state index is 0.194. The van der Waals surface area contributed by atoms with Crippen LogP contribution < -0.4 is 0 Å². The maximum Gasteiger partial charge on any atom is 0.223 e.